The van der Waals surface area contributed by atoms with Crippen LogP contribution in [0.25, 0.3) is 22.3 Å². The van der Waals surface area contributed by atoms with E-state index in [-0.39, 0.29) is 32.4 Å². The van der Waals surface area contributed by atoms with Crippen molar-refractivity contribution in [1.82, 2.24) is 0 Å². The van der Waals surface area contributed by atoms with Gasteiger partial charge >= 0.3 is 11.9 Å². The maximum atomic E-state index is 12.7. The fourth-order valence-corrected chi connectivity index (χ4v) is 9.03. The average Bonchev–Trinajstić information content (AvgIpc) is 3.28. The Morgan fingerprint density at radius 1 is 0.683 bits per heavy atom. The Bertz CT molecular complexity index is 1860. The molecular formula is C56H82O7. The summed E-state index contributed by atoms with van der Waals surface area (Å²) < 4.78 is 17.9. The van der Waals surface area contributed by atoms with Crippen LogP contribution in [0.2, 0.25) is 0 Å². The number of rotatable bonds is 27. The molecule has 0 radical (unpaired) electrons. The van der Waals surface area contributed by atoms with Gasteiger partial charge in [0.15, 0.2) is 0 Å². The predicted molar refractivity (Wildman–Crippen MR) is 259 cm³/mol. The summed E-state index contributed by atoms with van der Waals surface area (Å²) in [6.07, 6.45) is 18.3. The maximum Gasteiger partial charge on any atom is 0.333 e. The van der Waals surface area contributed by atoms with Crippen LogP contribution in [0.1, 0.15) is 173 Å². The summed E-state index contributed by atoms with van der Waals surface area (Å²) in [6.45, 7) is 18.2. The van der Waals surface area contributed by atoms with Crippen molar-refractivity contribution in [3.8, 4) is 28.0 Å². The predicted octanol–water partition coefficient (Wildman–Crippen LogP) is 13.3. The zero-order valence-corrected chi connectivity index (χ0v) is 40.3. The van der Waals surface area contributed by atoms with Gasteiger partial charge in [0.2, 0.25) is 0 Å². The Kier molecular flexibility index (Phi) is 21.4. The van der Waals surface area contributed by atoms with E-state index in [9.17, 15) is 19.8 Å². The molecule has 348 valence electrons. The van der Waals surface area contributed by atoms with Crippen LogP contribution in [0.15, 0.2) is 66.7 Å². The summed E-state index contributed by atoms with van der Waals surface area (Å²) in [5.41, 5.74) is 8.56. The zero-order chi connectivity index (χ0) is 45.8. The molecular weight excluding hydrogens is 785 g/mol. The number of aryl methyl sites for hydroxylation is 3. The fourth-order valence-electron chi connectivity index (χ4n) is 9.03. The number of esters is 2. The van der Waals surface area contributed by atoms with Crippen molar-refractivity contribution in [2.75, 3.05) is 33.0 Å². The Balaban J connectivity index is 1.66. The molecule has 7 nitrogen and oxygen atoms in total. The van der Waals surface area contributed by atoms with Crippen LogP contribution in [0, 0.1) is 16.7 Å². The van der Waals surface area contributed by atoms with Gasteiger partial charge < -0.3 is 24.4 Å². The molecule has 4 rings (SSSR count). The van der Waals surface area contributed by atoms with Crippen LogP contribution in [-0.2, 0) is 38.3 Å². The molecule has 0 atom stereocenters. The van der Waals surface area contributed by atoms with E-state index in [4.69, 9.17) is 14.2 Å². The minimum Gasteiger partial charge on any atom is -0.493 e. The van der Waals surface area contributed by atoms with Crippen LogP contribution in [0.4, 0.5) is 0 Å². The third-order valence-corrected chi connectivity index (χ3v) is 13.3. The van der Waals surface area contributed by atoms with E-state index in [2.05, 4.69) is 81.9 Å². The molecule has 3 aromatic rings. The van der Waals surface area contributed by atoms with Crippen molar-refractivity contribution in [1.29, 1.82) is 0 Å². The van der Waals surface area contributed by atoms with Crippen LogP contribution in [-0.4, -0.2) is 55.2 Å². The number of benzene rings is 3. The molecule has 1 aliphatic rings. The molecule has 0 heterocycles. The van der Waals surface area contributed by atoms with E-state index in [1.54, 1.807) is 6.92 Å². The van der Waals surface area contributed by atoms with Gasteiger partial charge in [-0.2, -0.15) is 0 Å². The third kappa shape index (κ3) is 15.9. The quantitative estimate of drug-likeness (QED) is 0.0447. The number of carbonyl (C=O) groups is 2. The van der Waals surface area contributed by atoms with E-state index in [1.165, 1.54) is 73.6 Å². The van der Waals surface area contributed by atoms with Gasteiger partial charge in [-0.3, -0.25) is 4.79 Å². The number of aliphatic hydroxyl groups excluding tert-OH is 2. The lowest BCUT2D eigenvalue weighted by Crippen LogP contribution is -2.32. The summed E-state index contributed by atoms with van der Waals surface area (Å²) in [5, 5.41) is 20.9. The van der Waals surface area contributed by atoms with Crippen LogP contribution < -0.4 is 4.74 Å². The summed E-state index contributed by atoms with van der Waals surface area (Å²) in [7, 11) is 0. The van der Waals surface area contributed by atoms with Crippen molar-refractivity contribution in [2.24, 2.45) is 16.7 Å². The minimum atomic E-state index is -0.626. The summed E-state index contributed by atoms with van der Waals surface area (Å²) in [6, 6.07) is 20.6. The van der Waals surface area contributed by atoms with Gasteiger partial charge in [0.1, 0.15) is 5.75 Å². The van der Waals surface area contributed by atoms with E-state index < -0.39 is 16.8 Å². The molecule has 1 saturated carbocycles. The zero-order valence-electron chi connectivity index (χ0n) is 40.3. The number of unbranched alkanes of at least 4 members (excludes halogenated alkanes) is 4. The molecule has 3 aromatic carbocycles. The Morgan fingerprint density at radius 2 is 1.27 bits per heavy atom. The first-order chi connectivity index (χ1) is 30.3. The number of carbonyl (C=O) groups excluding carboxylic acids is 2. The molecule has 1 aliphatic carbocycles. The monoisotopic (exact) mass is 867 g/mol. The van der Waals surface area contributed by atoms with E-state index in [0.29, 0.717) is 50.2 Å². The van der Waals surface area contributed by atoms with Gasteiger partial charge in [-0.05, 0) is 167 Å². The molecule has 0 bridgehead atoms. The first-order valence-corrected chi connectivity index (χ1v) is 24.5. The lowest BCUT2D eigenvalue weighted by atomic mass is 9.77. The summed E-state index contributed by atoms with van der Waals surface area (Å²) in [5.74, 6) is 1.70. The summed E-state index contributed by atoms with van der Waals surface area (Å²) >= 11 is 0. The van der Waals surface area contributed by atoms with Gasteiger partial charge in [0.25, 0.3) is 0 Å². The van der Waals surface area contributed by atoms with E-state index in [0.717, 1.165) is 66.0 Å². The summed E-state index contributed by atoms with van der Waals surface area (Å²) in [4.78, 5) is 24.9. The molecule has 0 unspecified atom stereocenters. The van der Waals surface area contributed by atoms with Gasteiger partial charge in [0.05, 0.1) is 38.4 Å². The van der Waals surface area contributed by atoms with Crippen molar-refractivity contribution >= 4 is 11.9 Å². The molecule has 0 aliphatic heterocycles. The highest BCUT2D eigenvalue weighted by atomic mass is 16.5. The Labute approximate surface area is 381 Å². The molecule has 0 saturated heterocycles. The first-order valence-electron chi connectivity index (χ1n) is 24.5. The lowest BCUT2D eigenvalue weighted by Gasteiger charge is -2.30. The first kappa shape index (κ1) is 51.7. The molecule has 0 aromatic heterocycles. The Morgan fingerprint density at radius 3 is 1.84 bits per heavy atom. The maximum absolute atomic E-state index is 12.7. The van der Waals surface area contributed by atoms with Crippen molar-refractivity contribution in [2.45, 2.75) is 170 Å². The number of hydrogen-bond donors (Lipinski definition) is 2. The van der Waals surface area contributed by atoms with Crippen LogP contribution in [0.3, 0.4) is 0 Å². The number of aliphatic hydroxyl groups is 2. The lowest BCUT2D eigenvalue weighted by molar-refractivity contribution is -0.153. The second kappa shape index (κ2) is 26.1. The molecule has 0 spiro atoms. The van der Waals surface area contributed by atoms with E-state index >= 15 is 0 Å². The number of hydrogen-bond acceptors (Lipinski definition) is 7. The normalized spacial score (nSPS) is 15.6. The minimum absolute atomic E-state index is 0.109. The molecule has 2 N–H and O–H groups in total. The second-order valence-electron chi connectivity index (χ2n) is 19.6. The second-order valence-corrected chi connectivity index (χ2v) is 19.6. The van der Waals surface area contributed by atoms with Gasteiger partial charge in [-0.1, -0.05) is 115 Å². The molecule has 63 heavy (non-hydrogen) atoms. The van der Waals surface area contributed by atoms with Gasteiger partial charge in [0, 0.05) is 11.0 Å². The van der Waals surface area contributed by atoms with Gasteiger partial charge in [-0.15, -0.1) is 0 Å². The Hall–Kier alpha value is -3.94. The molecule has 1 fully saturated rings. The van der Waals surface area contributed by atoms with E-state index in [1.807, 2.05) is 20.8 Å². The smallest absolute Gasteiger partial charge is 0.333 e. The average molecular weight is 867 g/mol. The van der Waals surface area contributed by atoms with Crippen LogP contribution in [0.5, 0.6) is 5.75 Å². The molecule has 0 amide bonds. The van der Waals surface area contributed by atoms with Gasteiger partial charge in [-0.25, -0.2) is 4.79 Å². The molecule has 7 heteroatoms. The van der Waals surface area contributed by atoms with Crippen molar-refractivity contribution in [3.05, 3.63) is 89.0 Å². The number of ether oxygens (including phenoxy) is 3. The SMILES string of the molecule is C=C(C)C(=O)OCCCc1cc(-c2ccc(-c3ccc(C4CCC(CCCCC)CC4)cc3)cc2CC)cc(CCCOC(=O)C(C)(C)C)c1OCCC(CO)(CO)CCCCC. The van der Waals surface area contributed by atoms with Crippen molar-refractivity contribution in [3.63, 3.8) is 0 Å². The highest BCUT2D eigenvalue weighted by Gasteiger charge is 2.29. The highest BCUT2D eigenvalue weighted by Crippen LogP contribution is 2.40. The van der Waals surface area contributed by atoms with Crippen LogP contribution >= 0.6 is 0 Å². The fraction of sp³-hybridized carbons (Fsp3) is 0.607. The van der Waals surface area contributed by atoms with Crippen molar-refractivity contribution < 1.29 is 34.0 Å². The topological polar surface area (TPSA) is 102 Å². The highest BCUT2D eigenvalue weighted by molar-refractivity contribution is 5.86. The standard InChI is InChI=1S/C56H82O7/c1-9-12-14-18-42-21-23-44(24-22-42)45-25-27-46(28-26-45)47-29-30-51(43(11-3)36-47)50-37-48(19-16-33-62-53(59)41(4)5)52(49(38-50)20-17-34-63-54(60)55(6,7)8)61-35-32-56(39-57,40-58)31-15-13-10-2/h25-30,36-38,42,44,57-58H,4,9-24,31-35,39-40H2,1-3,5-8H3. The largest absolute Gasteiger partial charge is 0.493 e. The third-order valence-electron chi connectivity index (χ3n) is 13.3.